The van der Waals surface area contributed by atoms with Gasteiger partial charge in [-0.1, -0.05) is 135 Å². The molecule has 3 aromatic carbocycles. The van der Waals surface area contributed by atoms with Crippen LogP contribution in [0.2, 0.25) is 0 Å². The SMILES string of the molecule is CCCCCCCCCCCOc1ccc2c(ccc3c(F)c(OCCCCCCCCCCC)ccc32)c1. The van der Waals surface area contributed by atoms with Crippen molar-refractivity contribution in [1.29, 1.82) is 0 Å². The van der Waals surface area contributed by atoms with Gasteiger partial charge >= 0.3 is 0 Å². The van der Waals surface area contributed by atoms with Gasteiger partial charge in [-0.05, 0) is 53.3 Å². The van der Waals surface area contributed by atoms with Crippen molar-refractivity contribution in [3.63, 3.8) is 0 Å². The highest BCUT2D eigenvalue weighted by Gasteiger charge is 2.11. The zero-order valence-corrected chi connectivity index (χ0v) is 24.9. The van der Waals surface area contributed by atoms with Crippen LogP contribution in [0.1, 0.15) is 129 Å². The Labute approximate surface area is 237 Å². The first-order chi connectivity index (χ1) is 19.2. The number of fused-ring (bicyclic) bond motifs is 3. The average Bonchev–Trinajstić information content (AvgIpc) is 2.95. The van der Waals surface area contributed by atoms with Gasteiger partial charge in [0.15, 0.2) is 11.6 Å². The molecule has 0 aromatic heterocycles. The molecule has 0 N–H and O–H groups in total. The van der Waals surface area contributed by atoms with Gasteiger partial charge in [-0.3, -0.25) is 0 Å². The molecule has 2 nitrogen and oxygen atoms in total. The maximum Gasteiger partial charge on any atom is 0.172 e. The zero-order chi connectivity index (χ0) is 27.5. The van der Waals surface area contributed by atoms with Crippen molar-refractivity contribution in [1.82, 2.24) is 0 Å². The van der Waals surface area contributed by atoms with Crippen LogP contribution in [-0.2, 0) is 0 Å². The summed E-state index contributed by atoms with van der Waals surface area (Å²) in [5.41, 5.74) is 0. The van der Waals surface area contributed by atoms with Gasteiger partial charge < -0.3 is 9.47 Å². The second-order valence-electron chi connectivity index (χ2n) is 11.3. The summed E-state index contributed by atoms with van der Waals surface area (Å²) in [4.78, 5) is 0. The van der Waals surface area contributed by atoms with E-state index in [0.29, 0.717) is 17.7 Å². The van der Waals surface area contributed by atoms with Crippen LogP contribution in [0, 0.1) is 5.82 Å². The Hall–Kier alpha value is -2.29. The summed E-state index contributed by atoms with van der Waals surface area (Å²) in [7, 11) is 0. The molecule has 39 heavy (non-hydrogen) atoms. The van der Waals surface area contributed by atoms with E-state index in [1.807, 2.05) is 24.3 Å². The van der Waals surface area contributed by atoms with E-state index in [1.54, 1.807) is 6.07 Å². The quantitative estimate of drug-likeness (QED) is 0.0939. The van der Waals surface area contributed by atoms with Crippen LogP contribution < -0.4 is 9.47 Å². The molecule has 0 aliphatic rings. The number of hydrogen-bond acceptors (Lipinski definition) is 2. The fraction of sp³-hybridized carbons (Fsp3) is 0.611. The molecule has 3 aromatic rings. The number of hydrogen-bond donors (Lipinski definition) is 0. The first-order valence-electron chi connectivity index (χ1n) is 16.1. The fourth-order valence-electron chi connectivity index (χ4n) is 5.47. The van der Waals surface area contributed by atoms with Crippen LogP contribution in [0.4, 0.5) is 4.39 Å². The Kier molecular flexibility index (Phi) is 15.1. The van der Waals surface area contributed by atoms with Crippen molar-refractivity contribution in [3.8, 4) is 11.5 Å². The topological polar surface area (TPSA) is 18.5 Å². The molecule has 0 unspecified atom stereocenters. The van der Waals surface area contributed by atoms with Gasteiger partial charge in [0.2, 0.25) is 0 Å². The van der Waals surface area contributed by atoms with Crippen LogP contribution in [0.25, 0.3) is 21.5 Å². The molecular weight excluding hydrogens is 483 g/mol. The molecule has 0 amide bonds. The highest BCUT2D eigenvalue weighted by Crippen LogP contribution is 2.33. The van der Waals surface area contributed by atoms with Gasteiger partial charge in [0.25, 0.3) is 0 Å². The zero-order valence-electron chi connectivity index (χ0n) is 24.9. The lowest BCUT2D eigenvalue weighted by molar-refractivity contribution is 0.291. The Morgan fingerprint density at radius 1 is 0.487 bits per heavy atom. The monoisotopic (exact) mass is 536 g/mol. The number of unbranched alkanes of at least 4 members (excludes halogenated alkanes) is 16. The number of benzene rings is 3. The van der Waals surface area contributed by atoms with E-state index < -0.39 is 0 Å². The number of rotatable bonds is 22. The molecule has 0 saturated carbocycles. The van der Waals surface area contributed by atoms with E-state index in [2.05, 4.69) is 26.0 Å². The van der Waals surface area contributed by atoms with E-state index >= 15 is 4.39 Å². The molecule has 0 heterocycles. The lowest BCUT2D eigenvalue weighted by atomic mass is 10.0. The minimum Gasteiger partial charge on any atom is -0.494 e. The second-order valence-corrected chi connectivity index (χ2v) is 11.3. The standard InChI is InChI=1S/C36H53FO2/c1-3-5-7-9-11-13-15-17-19-27-38-31-22-24-32-30(29-31)21-23-34-33(32)25-26-35(36(34)37)39-28-20-18-16-14-12-10-8-6-4-2/h21-26,29H,3-20,27-28H2,1-2H3. The minimum absolute atomic E-state index is 0.254. The molecule has 0 saturated heterocycles. The van der Waals surface area contributed by atoms with Crippen molar-refractivity contribution >= 4 is 21.5 Å². The van der Waals surface area contributed by atoms with Gasteiger partial charge in [-0.15, -0.1) is 0 Å². The largest absolute Gasteiger partial charge is 0.494 e. The molecule has 0 aliphatic carbocycles. The molecule has 216 valence electrons. The summed E-state index contributed by atoms with van der Waals surface area (Å²) < 4.78 is 27.2. The van der Waals surface area contributed by atoms with Crippen LogP contribution in [0.3, 0.4) is 0 Å². The van der Waals surface area contributed by atoms with Crippen molar-refractivity contribution in [2.45, 2.75) is 129 Å². The smallest absolute Gasteiger partial charge is 0.172 e. The van der Waals surface area contributed by atoms with Crippen LogP contribution in [0.5, 0.6) is 11.5 Å². The third-order valence-corrected chi connectivity index (χ3v) is 7.91. The van der Waals surface area contributed by atoms with Crippen molar-refractivity contribution in [2.24, 2.45) is 0 Å². The summed E-state index contributed by atoms with van der Waals surface area (Å²) in [5.74, 6) is 1.00. The molecule has 0 aliphatic heterocycles. The Bertz CT molecular complexity index is 1080. The summed E-state index contributed by atoms with van der Waals surface area (Å²) in [6.45, 7) is 5.85. The highest BCUT2D eigenvalue weighted by atomic mass is 19.1. The van der Waals surface area contributed by atoms with Gasteiger partial charge in [0.1, 0.15) is 5.75 Å². The van der Waals surface area contributed by atoms with Crippen LogP contribution >= 0.6 is 0 Å². The first kappa shape index (κ1) is 31.2. The lowest BCUT2D eigenvalue weighted by Crippen LogP contribution is -2.00. The molecule has 3 heteroatoms. The molecular formula is C36H53FO2. The first-order valence-corrected chi connectivity index (χ1v) is 16.1. The molecule has 0 bridgehead atoms. The van der Waals surface area contributed by atoms with Crippen molar-refractivity contribution < 1.29 is 13.9 Å². The summed E-state index contributed by atoms with van der Waals surface area (Å²) in [6, 6.07) is 13.8. The Morgan fingerprint density at radius 3 is 1.56 bits per heavy atom. The maximum atomic E-state index is 15.3. The van der Waals surface area contributed by atoms with E-state index in [4.69, 9.17) is 9.47 Å². The van der Waals surface area contributed by atoms with E-state index in [0.717, 1.165) is 47.8 Å². The lowest BCUT2D eigenvalue weighted by Gasteiger charge is -2.12. The van der Waals surface area contributed by atoms with Crippen molar-refractivity contribution in [2.75, 3.05) is 13.2 Å². The van der Waals surface area contributed by atoms with E-state index in [-0.39, 0.29) is 5.82 Å². The number of ether oxygens (including phenoxy) is 2. The predicted octanol–water partition coefficient (Wildman–Crippen LogP) is 12.0. The van der Waals surface area contributed by atoms with Crippen LogP contribution in [-0.4, -0.2) is 13.2 Å². The summed E-state index contributed by atoms with van der Waals surface area (Å²) in [6.07, 6.45) is 23.2. The molecule has 0 fully saturated rings. The molecule has 0 radical (unpaired) electrons. The third-order valence-electron chi connectivity index (χ3n) is 7.91. The van der Waals surface area contributed by atoms with E-state index in [9.17, 15) is 0 Å². The summed E-state index contributed by atoms with van der Waals surface area (Å²) in [5, 5.41) is 3.67. The fourth-order valence-corrected chi connectivity index (χ4v) is 5.47. The molecule has 3 rings (SSSR count). The minimum atomic E-state index is -0.254. The Morgan fingerprint density at radius 2 is 0.974 bits per heavy atom. The Balaban J connectivity index is 1.41. The average molecular weight is 537 g/mol. The third kappa shape index (κ3) is 11.0. The van der Waals surface area contributed by atoms with Gasteiger partial charge in [0.05, 0.1) is 13.2 Å². The second kappa shape index (κ2) is 18.9. The van der Waals surface area contributed by atoms with Gasteiger partial charge in [0, 0.05) is 5.39 Å². The van der Waals surface area contributed by atoms with Gasteiger partial charge in [-0.2, -0.15) is 0 Å². The van der Waals surface area contributed by atoms with E-state index in [1.165, 1.54) is 96.3 Å². The molecule has 0 atom stereocenters. The maximum absolute atomic E-state index is 15.3. The normalized spacial score (nSPS) is 11.5. The van der Waals surface area contributed by atoms with Crippen LogP contribution in [0.15, 0.2) is 42.5 Å². The molecule has 0 spiro atoms. The summed E-state index contributed by atoms with van der Waals surface area (Å²) >= 11 is 0. The predicted molar refractivity (Wildman–Crippen MR) is 167 cm³/mol. The highest BCUT2D eigenvalue weighted by molar-refractivity contribution is 6.08. The van der Waals surface area contributed by atoms with Gasteiger partial charge in [-0.25, -0.2) is 4.39 Å². The van der Waals surface area contributed by atoms with Crippen molar-refractivity contribution in [3.05, 3.63) is 48.3 Å². The number of halogens is 1.